The van der Waals surface area contributed by atoms with Crippen molar-refractivity contribution in [3.8, 4) is 0 Å². The minimum atomic E-state index is -0.338. The standard InChI is InChI=1S/C21H30N2O4S/c1-4-27-21(26)17-15-7-5-6-8-16(15)28-19(17)22-18(24)14-9-11-23(12-10-14)20(25)13(2)3/h13-14H,4-12H2,1-3H3,(H,22,24). The minimum absolute atomic E-state index is 0.0186. The van der Waals surface area contributed by atoms with E-state index in [2.05, 4.69) is 5.32 Å². The number of hydrogen-bond donors (Lipinski definition) is 1. The van der Waals surface area contributed by atoms with Crippen LogP contribution in [0.4, 0.5) is 5.00 Å². The van der Waals surface area contributed by atoms with Gasteiger partial charge in [0.15, 0.2) is 0 Å². The predicted octanol–water partition coefficient (Wildman–Crippen LogP) is 3.64. The Balaban J connectivity index is 1.70. The van der Waals surface area contributed by atoms with Crippen LogP contribution in [0.1, 0.15) is 67.3 Å². The van der Waals surface area contributed by atoms with Crippen LogP contribution in [0.2, 0.25) is 0 Å². The predicted molar refractivity (Wildman–Crippen MR) is 110 cm³/mol. The number of esters is 1. The van der Waals surface area contributed by atoms with Crippen LogP contribution in [0.3, 0.4) is 0 Å². The number of amides is 2. The van der Waals surface area contributed by atoms with Crippen molar-refractivity contribution < 1.29 is 19.1 Å². The summed E-state index contributed by atoms with van der Waals surface area (Å²) in [5.74, 6) is -0.398. The van der Waals surface area contributed by atoms with Crippen molar-refractivity contribution in [3.05, 3.63) is 16.0 Å². The number of ether oxygens (including phenoxy) is 1. The molecule has 0 bridgehead atoms. The van der Waals surface area contributed by atoms with Crippen molar-refractivity contribution in [1.29, 1.82) is 0 Å². The van der Waals surface area contributed by atoms with Gasteiger partial charge in [-0.05, 0) is 51.0 Å². The van der Waals surface area contributed by atoms with Crippen LogP contribution in [-0.4, -0.2) is 42.4 Å². The second-order valence-electron chi connectivity index (χ2n) is 7.88. The molecule has 1 saturated heterocycles. The van der Waals surface area contributed by atoms with E-state index in [0.717, 1.165) is 31.2 Å². The number of piperidine rings is 1. The van der Waals surface area contributed by atoms with Crippen LogP contribution >= 0.6 is 11.3 Å². The molecule has 3 rings (SSSR count). The second-order valence-corrected chi connectivity index (χ2v) is 8.98. The van der Waals surface area contributed by atoms with Gasteiger partial charge in [0.2, 0.25) is 11.8 Å². The quantitative estimate of drug-likeness (QED) is 0.758. The summed E-state index contributed by atoms with van der Waals surface area (Å²) in [5.41, 5.74) is 1.62. The van der Waals surface area contributed by atoms with E-state index in [9.17, 15) is 14.4 Å². The number of fused-ring (bicyclic) bond motifs is 1. The van der Waals surface area contributed by atoms with Crippen molar-refractivity contribution >= 4 is 34.1 Å². The fraction of sp³-hybridized carbons (Fsp3) is 0.667. The molecule has 2 heterocycles. The zero-order chi connectivity index (χ0) is 20.3. The number of nitrogens with zero attached hydrogens (tertiary/aromatic N) is 1. The van der Waals surface area contributed by atoms with Gasteiger partial charge in [0, 0.05) is 29.8 Å². The third-order valence-electron chi connectivity index (χ3n) is 5.56. The third kappa shape index (κ3) is 4.40. The Morgan fingerprint density at radius 1 is 1.18 bits per heavy atom. The first-order valence-electron chi connectivity index (χ1n) is 10.3. The highest BCUT2D eigenvalue weighted by atomic mass is 32.1. The van der Waals surface area contributed by atoms with Crippen LogP contribution in [0, 0.1) is 11.8 Å². The van der Waals surface area contributed by atoms with Crippen LogP contribution < -0.4 is 5.32 Å². The molecule has 7 heteroatoms. The lowest BCUT2D eigenvalue weighted by molar-refractivity contribution is -0.137. The molecular weight excluding hydrogens is 376 g/mol. The first-order valence-corrected chi connectivity index (χ1v) is 11.1. The van der Waals surface area contributed by atoms with Crippen molar-refractivity contribution in [2.24, 2.45) is 11.8 Å². The summed E-state index contributed by atoms with van der Waals surface area (Å²) >= 11 is 1.52. The van der Waals surface area contributed by atoms with Gasteiger partial charge in [-0.25, -0.2) is 4.79 Å². The van der Waals surface area contributed by atoms with Crippen LogP contribution in [0.15, 0.2) is 0 Å². The van der Waals surface area contributed by atoms with Crippen molar-refractivity contribution in [1.82, 2.24) is 4.90 Å². The molecule has 2 amide bonds. The smallest absolute Gasteiger partial charge is 0.341 e. The molecule has 1 aromatic heterocycles. The van der Waals surface area contributed by atoms with E-state index in [1.54, 1.807) is 6.92 Å². The molecule has 0 radical (unpaired) electrons. The van der Waals surface area contributed by atoms with Gasteiger partial charge in [-0.1, -0.05) is 13.8 Å². The van der Waals surface area contributed by atoms with E-state index < -0.39 is 0 Å². The Kier molecular flexibility index (Phi) is 6.75. The lowest BCUT2D eigenvalue weighted by Crippen LogP contribution is -2.43. The van der Waals surface area contributed by atoms with Gasteiger partial charge in [-0.15, -0.1) is 11.3 Å². The number of carbonyl (C=O) groups excluding carboxylic acids is 3. The average molecular weight is 407 g/mol. The van der Waals surface area contributed by atoms with Crippen molar-refractivity contribution in [2.75, 3.05) is 25.0 Å². The minimum Gasteiger partial charge on any atom is -0.462 e. The number of hydrogen-bond acceptors (Lipinski definition) is 5. The number of nitrogens with one attached hydrogen (secondary N) is 1. The van der Waals surface area contributed by atoms with Crippen molar-refractivity contribution in [3.63, 3.8) is 0 Å². The van der Waals surface area contributed by atoms with Crippen molar-refractivity contribution in [2.45, 2.75) is 59.3 Å². The summed E-state index contributed by atoms with van der Waals surface area (Å²) in [6.45, 7) is 7.13. The Bertz CT molecular complexity index is 748. The molecule has 0 atom stereocenters. The zero-order valence-corrected chi connectivity index (χ0v) is 17.8. The van der Waals surface area contributed by atoms with Crippen LogP contribution in [0.5, 0.6) is 0 Å². The topological polar surface area (TPSA) is 75.7 Å². The molecule has 0 saturated carbocycles. The molecule has 1 aliphatic heterocycles. The molecule has 28 heavy (non-hydrogen) atoms. The second kappa shape index (κ2) is 9.07. The Labute approximate surface area is 170 Å². The molecule has 2 aliphatic rings. The SMILES string of the molecule is CCOC(=O)c1c(NC(=O)C2CCN(C(=O)C(C)C)CC2)sc2c1CCCC2. The first-order chi connectivity index (χ1) is 13.4. The molecule has 0 aromatic carbocycles. The summed E-state index contributed by atoms with van der Waals surface area (Å²) in [7, 11) is 0. The van der Waals surface area contributed by atoms with Crippen LogP contribution in [-0.2, 0) is 27.2 Å². The van der Waals surface area contributed by atoms with E-state index >= 15 is 0 Å². The molecule has 6 nitrogen and oxygen atoms in total. The highest BCUT2D eigenvalue weighted by molar-refractivity contribution is 7.17. The Morgan fingerprint density at radius 2 is 1.86 bits per heavy atom. The Morgan fingerprint density at radius 3 is 2.50 bits per heavy atom. The first kappa shape index (κ1) is 20.8. The molecule has 0 spiro atoms. The maximum absolute atomic E-state index is 12.9. The van der Waals surface area contributed by atoms with Gasteiger partial charge in [0.25, 0.3) is 0 Å². The maximum Gasteiger partial charge on any atom is 0.341 e. The zero-order valence-electron chi connectivity index (χ0n) is 17.0. The van der Waals surface area contributed by atoms with E-state index in [4.69, 9.17) is 4.74 Å². The van der Waals surface area contributed by atoms with Gasteiger partial charge in [-0.2, -0.15) is 0 Å². The summed E-state index contributed by atoms with van der Waals surface area (Å²) in [6, 6.07) is 0. The average Bonchev–Trinajstić information content (AvgIpc) is 3.05. The van der Waals surface area contributed by atoms with E-state index in [0.29, 0.717) is 43.1 Å². The molecule has 154 valence electrons. The summed E-state index contributed by atoms with van der Waals surface area (Å²) in [5, 5.41) is 3.65. The monoisotopic (exact) mass is 406 g/mol. The summed E-state index contributed by atoms with van der Waals surface area (Å²) in [6.07, 6.45) is 5.31. The number of thiophene rings is 1. The molecule has 1 N–H and O–H groups in total. The lowest BCUT2D eigenvalue weighted by Gasteiger charge is -2.32. The van der Waals surface area contributed by atoms with Gasteiger partial charge in [0.05, 0.1) is 12.2 Å². The highest BCUT2D eigenvalue weighted by Crippen LogP contribution is 2.39. The summed E-state index contributed by atoms with van der Waals surface area (Å²) < 4.78 is 5.26. The van der Waals surface area contributed by atoms with E-state index in [1.165, 1.54) is 16.2 Å². The molecule has 1 fully saturated rings. The number of anilines is 1. The van der Waals surface area contributed by atoms with E-state index in [1.807, 2.05) is 18.7 Å². The number of aryl methyl sites for hydroxylation is 1. The largest absolute Gasteiger partial charge is 0.462 e. The fourth-order valence-corrected chi connectivity index (χ4v) is 5.29. The van der Waals surface area contributed by atoms with E-state index in [-0.39, 0.29) is 29.6 Å². The fourth-order valence-electron chi connectivity index (χ4n) is 4.01. The van der Waals surface area contributed by atoms with Gasteiger partial charge in [-0.3, -0.25) is 9.59 Å². The highest BCUT2D eigenvalue weighted by Gasteiger charge is 2.31. The van der Waals surface area contributed by atoms with Crippen LogP contribution in [0.25, 0.3) is 0 Å². The van der Waals surface area contributed by atoms with Gasteiger partial charge < -0.3 is 15.0 Å². The summed E-state index contributed by atoms with van der Waals surface area (Å²) in [4.78, 5) is 40.6. The molecule has 1 aromatic rings. The lowest BCUT2D eigenvalue weighted by atomic mass is 9.94. The molecular formula is C21H30N2O4S. The molecule has 1 aliphatic carbocycles. The third-order valence-corrected chi connectivity index (χ3v) is 6.77. The van der Waals surface area contributed by atoms with Gasteiger partial charge in [0.1, 0.15) is 5.00 Å². The maximum atomic E-state index is 12.9. The number of rotatable bonds is 5. The number of likely N-dealkylation sites (tertiary alicyclic amines) is 1. The molecule has 0 unspecified atom stereocenters. The Hall–Kier alpha value is -1.89. The van der Waals surface area contributed by atoms with Gasteiger partial charge >= 0.3 is 5.97 Å². The normalized spacial score (nSPS) is 17.4. The number of carbonyl (C=O) groups is 3.